The minimum Gasteiger partial charge on any atom is -0.488 e. The second-order valence-corrected chi connectivity index (χ2v) is 7.55. The number of hydrogen-bond acceptors (Lipinski definition) is 5. The van der Waals surface area contributed by atoms with E-state index in [9.17, 15) is 27.9 Å². The van der Waals surface area contributed by atoms with Crippen molar-refractivity contribution >= 4 is 17.5 Å². The summed E-state index contributed by atoms with van der Waals surface area (Å²) in [5.74, 6) is -0.887. The van der Waals surface area contributed by atoms with Crippen LogP contribution in [0.4, 0.5) is 18.9 Å². The number of likely N-dealkylation sites (N-methyl/N-ethyl adjacent to an activating group) is 1. The highest BCUT2D eigenvalue weighted by atomic mass is 19.4. The zero-order valence-corrected chi connectivity index (χ0v) is 17.3. The molecule has 0 unspecified atom stereocenters. The monoisotopic (exact) mass is 431 g/mol. The van der Waals surface area contributed by atoms with Gasteiger partial charge in [0.15, 0.2) is 0 Å². The van der Waals surface area contributed by atoms with E-state index in [-0.39, 0.29) is 35.8 Å². The van der Waals surface area contributed by atoms with Crippen molar-refractivity contribution in [2.24, 2.45) is 5.92 Å². The van der Waals surface area contributed by atoms with Crippen LogP contribution in [0.15, 0.2) is 18.2 Å². The van der Waals surface area contributed by atoms with Gasteiger partial charge < -0.3 is 25.4 Å². The number of hydrogen-bond donors (Lipinski definition) is 3. The SMILES string of the molecule is CNC[C@H]1Oc2ccc(NC(=O)CCC(F)(F)F)cc2C(=O)N([C@@H](C)CO)C[C@H]1C. The lowest BCUT2D eigenvalue weighted by Gasteiger charge is -2.37. The number of anilines is 1. The van der Waals surface area contributed by atoms with E-state index in [1.807, 2.05) is 6.92 Å². The summed E-state index contributed by atoms with van der Waals surface area (Å²) >= 11 is 0. The van der Waals surface area contributed by atoms with Crippen molar-refractivity contribution < 1.29 is 32.6 Å². The summed E-state index contributed by atoms with van der Waals surface area (Å²) in [7, 11) is 1.79. The van der Waals surface area contributed by atoms with Crippen molar-refractivity contribution in [2.45, 2.75) is 45.0 Å². The van der Waals surface area contributed by atoms with Gasteiger partial charge in [0.25, 0.3) is 5.91 Å². The number of nitrogens with one attached hydrogen (secondary N) is 2. The molecular formula is C20H28F3N3O4. The third kappa shape index (κ3) is 6.33. The summed E-state index contributed by atoms with van der Waals surface area (Å²) in [6.07, 6.45) is -6.60. The topological polar surface area (TPSA) is 90.9 Å². The number of amides is 2. The van der Waals surface area contributed by atoms with Crippen LogP contribution in [-0.4, -0.2) is 66.9 Å². The Morgan fingerprint density at radius 2 is 2.10 bits per heavy atom. The van der Waals surface area contributed by atoms with E-state index in [0.717, 1.165) is 0 Å². The summed E-state index contributed by atoms with van der Waals surface area (Å²) in [4.78, 5) is 26.6. The molecule has 7 nitrogen and oxygen atoms in total. The van der Waals surface area contributed by atoms with Gasteiger partial charge in [0.2, 0.25) is 5.91 Å². The summed E-state index contributed by atoms with van der Waals surface area (Å²) in [6, 6.07) is 3.97. The van der Waals surface area contributed by atoms with E-state index >= 15 is 0 Å². The molecule has 2 rings (SSSR count). The van der Waals surface area contributed by atoms with Gasteiger partial charge in [0.05, 0.1) is 24.6 Å². The van der Waals surface area contributed by atoms with Crippen LogP contribution in [0.1, 0.15) is 37.0 Å². The molecule has 1 aliphatic rings. The maximum atomic E-state index is 13.2. The fourth-order valence-corrected chi connectivity index (χ4v) is 3.22. The van der Waals surface area contributed by atoms with Crippen molar-refractivity contribution in [3.8, 4) is 5.75 Å². The normalized spacial score (nSPS) is 20.6. The number of aliphatic hydroxyl groups excluding tert-OH is 1. The first-order chi connectivity index (χ1) is 14.1. The minimum absolute atomic E-state index is 0.0229. The van der Waals surface area contributed by atoms with Crippen molar-refractivity contribution in [3.05, 3.63) is 23.8 Å². The zero-order valence-electron chi connectivity index (χ0n) is 17.3. The van der Waals surface area contributed by atoms with Crippen molar-refractivity contribution in [3.63, 3.8) is 0 Å². The Morgan fingerprint density at radius 1 is 1.40 bits per heavy atom. The lowest BCUT2D eigenvalue weighted by atomic mass is 9.99. The molecule has 1 aliphatic heterocycles. The number of carbonyl (C=O) groups is 2. The van der Waals surface area contributed by atoms with Crippen LogP contribution in [0.5, 0.6) is 5.75 Å². The van der Waals surface area contributed by atoms with Crippen molar-refractivity contribution in [2.75, 3.05) is 32.1 Å². The van der Waals surface area contributed by atoms with E-state index in [1.165, 1.54) is 18.2 Å². The number of aliphatic hydroxyl groups is 1. The molecule has 168 valence electrons. The molecule has 0 bridgehead atoms. The maximum absolute atomic E-state index is 13.2. The van der Waals surface area contributed by atoms with Crippen molar-refractivity contribution in [1.29, 1.82) is 0 Å². The molecule has 3 atom stereocenters. The van der Waals surface area contributed by atoms with E-state index < -0.39 is 31.0 Å². The summed E-state index contributed by atoms with van der Waals surface area (Å²) < 4.78 is 43.0. The molecule has 1 aromatic rings. The number of rotatable bonds is 7. The first-order valence-corrected chi connectivity index (χ1v) is 9.79. The van der Waals surface area contributed by atoms with Crippen LogP contribution in [0.25, 0.3) is 0 Å². The smallest absolute Gasteiger partial charge is 0.389 e. The minimum atomic E-state index is -4.42. The van der Waals surface area contributed by atoms with Gasteiger partial charge in [-0.05, 0) is 32.2 Å². The molecule has 3 N–H and O–H groups in total. The largest absolute Gasteiger partial charge is 0.488 e. The van der Waals surface area contributed by atoms with Crippen LogP contribution in [0.3, 0.4) is 0 Å². The van der Waals surface area contributed by atoms with Crippen LogP contribution in [0.2, 0.25) is 0 Å². The molecule has 1 heterocycles. The Kier molecular flexibility index (Phi) is 8.08. The van der Waals surface area contributed by atoms with E-state index in [0.29, 0.717) is 18.8 Å². The molecule has 2 amide bonds. The molecular weight excluding hydrogens is 403 g/mol. The fourth-order valence-electron chi connectivity index (χ4n) is 3.22. The van der Waals surface area contributed by atoms with Gasteiger partial charge in [-0.3, -0.25) is 9.59 Å². The number of benzene rings is 1. The number of nitrogens with zero attached hydrogens (tertiary/aromatic N) is 1. The quantitative estimate of drug-likeness (QED) is 0.617. The molecule has 1 aromatic carbocycles. The van der Waals surface area contributed by atoms with Crippen LogP contribution in [0, 0.1) is 5.92 Å². The highest BCUT2D eigenvalue weighted by Crippen LogP contribution is 2.30. The van der Waals surface area contributed by atoms with Crippen LogP contribution in [-0.2, 0) is 4.79 Å². The molecule has 0 spiro atoms. The summed E-state index contributed by atoms with van der Waals surface area (Å²) in [6.45, 7) is 4.34. The lowest BCUT2D eigenvalue weighted by molar-refractivity contribution is -0.142. The number of carbonyl (C=O) groups excluding carboxylic acids is 2. The maximum Gasteiger partial charge on any atom is 0.389 e. The van der Waals surface area contributed by atoms with Crippen molar-refractivity contribution in [1.82, 2.24) is 10.2 Å². The molecule has 10 heteroatoms. The van der Waals surface area contributed by atoms with Gasteiger partial charge in [-0.15, -0.1) is 0 Å². The summed E-state index contributed by atoms with van der Waals surface area (Å²) in [5, 5.41) is 15.0. The second-order valence-electron chi connectivity index (χ2n) is 7.55. The molecule has 0 aromatic heterocycles. The Morgan fingerprint density at radius 3 is 2.70 bits per heavy atom. The molecule has 0 radical (unpaired) electrons. The lowest BCUT2D eigenvalue weighted by Crippen LogP contribution is -2.49. The Hall–Kier alpha value is -2.33. The van der Waals surface area contributed by atoms with Gasteiger partial charge >= 0.3 is 6.18 Å². The number of halogens is 3. The summed E-state index contributed by atoms with van der Waals surface area (Å²) in [5.41, 5.74) is 0.380. The first-order valence-electron chi connectivity index (χ1n) is 9.79. The Balaban J connectivity index is 2.32. The van der Waals surface area contributed by atoms with E-state index in [4.69, 9.17) is 4.74 Å². The highest BCUT2D eigenvalue weighted by molar-refractivity contribution is 5.99. The van der Waals surface area contributed by atoms with Gasteiger partial charge in [-0.1, -0.05) is 6.92 Å². The molecule has 0 saturated heterocycles. The molecule has 0 aliphatic carbocycles. The third-order valence-corrected chi connectivity index (χ3v) is 4.99. The third-order valence-electron chi connectivity index (χ3n) is 4.99. The standard InChI is InChI=1S/C20H28F3N3O4/c1-12-10-26(13(2)11-27)19(29)15-8-14(25-18(28)6-7-20(21,22)23)4-5-16(15)30-17(12)9-24-3/h4-5,8,12-13,17,24,27H,6-7,9-11H2,1-3H3,(H,25,28)/t12-,13+,17-/m1/s1. The average Bonchev–Trinajstić information content (AvgIpc) is 2.68. The molecule has 30 heavy (non-hydrogen) atoms. The van der Waals surface area contributed by atoms with Gasteiger partial charge in [-0.25, -0.2) is 0 Å². The Bertz CT molecular complexity index is 757. The Labute approximate surface area is 173 Å². The van der Waals surface area contributed by atoms with Gasteiger partial charge in [0, 0.05) is 31.1 Å². The zero-order chi connectivity index (χ0) is 22.5. The van der Waals surface area contributed by atoms with Gasteiger partial charge in [-0.2, -0.15) is 13.2 Å². The highest BCUT2D eigenvalue weighted by Gasteiger charge is 2.33. The van der Waals surface area contributed by atoms with Crippen LogP contribution >= 0.6 is 0 Å². The van der Waals surface area contributed by atoms with Crippen LogP contribution < -0.4 is 15.4 Å². The predicted molar refractivity (Wildman–Crippen MR) is 105 cm³/mol. The number of fused-ring (bicyclic) bond motifs is 1. The van der Waals surface area contributed by atoms with Gasteiger partial charge in [0.1, 0.15) is 11.9 Å². The average molecular weight is 431 g/mol. The predicted octanol–water partition coefficient (Wildman–Crippen LogP) is 2.41. The van der Waals surface area contributed by atoms with E-state index in [1.54, 1.807) is 18.9 Å². The number of ether oxygens (including phenoxy) is 1. The number of alkyl halides is 3. The molecule has 0 saturated carbocycles. The first kappa shape index (κ1) is 23.9. The van der Waals surface area contributed by atoms with E-state index in [2.05, 4.69) is 10.6 Å². The second kappa shape index (κ2) is 10.1. The fraction of sp³-hybridized carbons (Fsp3) is 0.600. The molecule has 0 fully saturated rings.